The topological polar surface area (TPSA) is 156 Å². The summed E-state index contributed by atoms with van der Waals surface area (Å²) in [4.78, 5) is 9.97. The molecule has 3 aromatic heterocycles. The number of hydrogen-bond acceptors (Lipinski definition) is 9. The van der Waals surface area contributed by atoms with Crippen molar-refractivity contribution in [2.45, 2.75) is 19.3 Å². The molecule has 0 spiro atoms. The van der Waals surface area contributed by atoms with Gasteiger partial charge in [-0.3, -0.25) is 10.2 Å². The number of hydrogen-bond donors (Lipinski definition) is 7. The zero-order chi connectivity index (χ0) is 23.3. The molecule has 7 N–H and O–H groups in total. The van der Waals surface area contributed by atoms with Crippen molar-refractivity contribution in [1.29, 1.82) is 0 Å². The molecular weight excluding hydrogens is 422 g/mol. The highest BCUT2D eigenvalue weighted by Crippen LogP contribution is 1.96. The molecule has 3 fully saturated rings. The van der Waals surface area contributed by atoms with E-state index in [1.807, 2.05) is 6.07 Å². The van der Waals surface area contributed by atoms with Crippen LogP contribution >= 0.6 is 0 Å². The van der Waals surface area contributed by atoms with Crippen molar-refractivity contribution in [3.05, 3.63) is 49.8 Å². The van der Waals surface area contributed by atoms with Crippen LogP contribution in [0.25, 0.3) is 0 Å². The second-order valence-corrected chi connectivity index (χ2v) is 6.85. The third-order valence-electron chi connectivity index (χ3n) is 4.15. The third kappa shape index (κ3) is 23.8. The first-order valence-corrected chi connectivity index (χ1v) is 11.6. The van der Waals surface area contributed by atoms with E-state index in [4.69, 9.17) is 4.74 Å². The Morgan fingerprint density at radius 1 is 0.576 bits per heavy atom. The summed E-state index contributed by atoms with van der Waals surface area (Å²) in [5.41, 5.74) is 0. The number of nitrogens with one attached hydrogen (secondary N) is 7. The number of piperidine rings is 1. The maximum Gasteiger partial charge on any atom is 0.137 e. The minimum Gasteiger partial charge on any atom is -0.379 e. The van der Waals surface area contributed by atoms with Gasteiger partial charge in [-0.1, -0.05) is 6.42 Å². The summed E-state index contributed by atoms with van der Waals surface area (Å²) in [5, 5.41) is 25.1. The molecule has 3 aromatic rings. The van der Waals surface area contributed by atoms with E-state index in [-0.39, 0.29) is 0 Å². The predicted octanol–water partition coefficient (Wildman–Crippen LogP) is 0.169. The molecule has 0 amide bonds. The van der Waals surface area contributed by atoms with E-state index in [1.165, 1.54) is 45.0 Å². The van der Waals surface area contributed by atoms with E-state index in [1.54, 1.807) is 31.1 Å². The van der Waals surface area contributed by atoms with E-state index in [0.717, 1.165) is 52.5 Å². The molecule has 0 bridgehead atoms. The van der Waals surface area contributed by atoms with Gasteiger partial charge in [-0.05, 0) is 32.0 Å². The molecule has 0 aromatic carbocycles. The van der Waals surface area contributed by atoms with Crippen LogP contribution in [0.1, 0.15) is 19.3 Å². The first kappa shape index (κ1) is 28.4. The molecule has 0 radical (unpaired) electrons. The van der Waals surface area contributed by atoms with Gasteiger partial charge >= 0.3 is 0 Å². The molecule has 12 nitrogen and oxygen atoms in total. The van der Waals surface area contributed by atoms with E-state index in [9.17, 15) is 0 Å². The number of rotatable bonds is 0. The molecule has 6 heterocycles. The average Bonchev–Trinajstić information content (AvgIpc) is 3.76. The number of piperazine rings is 1. The van der Waals surface area contributed by atoms with Gasteiger partial charge in [0, 0.05) is 64.1 Å². The van der Waals surface area contributed by atoms with Crippen molar-refractivity contribution in [2.24, 2.45) is 0 Å². The third-order valence-corrected chi connectivity index (χ3v) is 4.15. The van der Waals surface area contributed by atoms with Crippen molar-refractivity contribution >= 4 is 0 Å². The monoisotopic (exact) mass is 463 g/mol. The van der Waals surface area contributed by atoms with Gasteiger partial charge in [0.25, 0.3) is 0 Å². The lowest BCUT2D eigenvalue weighted by Gasteiger charge is -2.11. The number of H-pyrrole nitrogens is 3. The maximum absolute atomic E-state index is 5.01. The normalized spacial score (nSPS) is 16.7. The van der Waals surface area contributed by atoms with Gasteiger partial charge < -0.3 is 31.0 Å². The highest BCUT2D eigenvalue weighted by atomic mass is 16.5. The molecule has 0 atom stereocenters. The molecule has 3 saturated heterocycles. The minimum absolute atomic E-state index is 0.889. The highest BCUT2D eigenvalue weighted by molar-refractivity contribution is 4.72. The SMILES string of the molecule is C1CCNCC1.C1CNCCN1.C1COCCN1.c1c[nH]cn1.c1cn[nH]c1.c1nc[nH]n1. The number of aromatic nitrogens is 7. The van der Waals surface area contributed by atoms with Crippen molar-refractivity contribution < 1.29 is 4.74 Å². The molecule has 0 aliphatic carbocycles. The van der Waals surface area contributed by atoms with E-state index < -0.39 is 0 Å². The van der Waals surface area contributed by atoms with Crippen LogP contribution in [0.15, 0.2) is 49.8 Å². The van der Waals surface area contributed by atoms with Gasteiger partial charge in [0.1, 0.15) is 12.7 Å². The Hall–Kier alpha value is -2.64. The van der Waals surface area contributed by atoms with Crippen molar-refractivity contribution in [2.75, 3.05) is 65.6 Å². The molecule has 0 saturated carbocycles. The Balaban J connectivity index is 0.000000198. The van der Waals surface area contributed by atoms with Crippen LogP contribution in [0.3, 0.4) is 0 Å². The van der Waals surface area contributed by atoms with E-state index in [0.29, 0.717) is 0 Å². The van der Waals surface area contributed by atoms with Gasteiger partial charge in [0.15, 0.2) is 0 Å². The Bertz CT molecular complexity index is 446. The molecular formula is C21H41N11O. The van der Waals surface area contributed by atoms with Crippen molar-refractivity contribution in [1.82, 2.24) is 56.6 Å². The lowest BCUT2D eigenvalue weighted by molar-refractivity contribution is 0.109. The van der Waals surface area contributed by atoms with Crippen LogP contribution in [-0.4, -0.2) is 101 Å². The Kier molecular flexibility index (Phi) is 22.0. The summed E-state index contributed by atoms with van der Waals surface area (Å²) in [6.45, 7) is 10.9. The van der Waals surface area contributed by atoms with Crippen molar-refractivity contribution in [3.63, 3.8) is 0 Å². The fraction of sp³-hybridized carbons (Fsp3) is 0.619. The van der Waals surface area contributed by atoms with Crippen LogP contribution in [0, 0.1) is 0 Å². The zero-order valence-electron chi connectivity index (χ0n) is 19.5. The minimum atomic E-state index is 0.889. The van der Waals surface area contributed by atoms with Crippen LogP contribution in [0.5, 0.6) is 0 Å². The number of ether oxygens (including phenoxy) is 1. The summed E-state index contributed by atoms with van der Waals surface area (Å²) in [7, 11) is 0. The van der Waals surface area contributed by atoms with Gasteiger partial charge in [-0.2, -0.15) is 10.2 Å². The summed E-state index contributed by atoms with van der Waals surface area (Å²) < 4.78 is 5.01. The zero-order valence-corrected chi connectivity index (χ0v) is 19.5. The fourth-order valence-electron chi connectivity index (χ4n) is 2.52. The number of imidazole rings is 1. The standard InChI is InChI=1S/C5H11N.C4H10N2.C4H9NO.2C3H4N2.C2H3N3/c1-2-4-6-5-3-1;1-2-6-4-3-5-1;1-3-6-4-2-5-1;1-2-5-3-4-1;1-2-4-5-3-1;1-3-2-5-4-1/h6H,1-5H2;5-6H,1-4H2;5H,1-4H2;2*1-3H,(H,4,5);1-2H,(H,3,4,5). The second kappa shape index (κ2) is 25.6. The number of aromatic amines is 3. The lowest BCUT2D eigenvalue weighted by atomic mass is 10.2. The smallest absolute Gasteiger partial charge is 0.137 e. The molecule has 33 heavy (non-hydrogen) atoms. The van der Waals surface area contributed by atoms with E-state index in [2.05, 4.69) is 56.6 Å². The van der Waals surface area contributed by atoms with Gasteiger partial charge in [-0.25, -0.2) is 9.97 Å². The second-order valence-electron chi connectivity index (χ2n) is 6.85. The van der Waals surface area contributed by atoms with Crippen LogP contribution in [0.4, 0.5) is 0 Å². The number of nitrogens with zero attached hydrogens (tertiary/aromatic N) is 4. The fourth-order valence-corrected chi connectivity index (χ4v) is 2.52. The van der Waals surface area contributed by atoms with Gasteiger partial charge in [0.2, 0.25) is 0 Å². The van der Waals surface area contributed by atoms with Gasteiger partial charge in [0.05, 0.1) is 19.5 Å². The van der Waals surface area contributed by atoms with Crippen molar-refractivity contribution in [3.8, 4) is 0 Å². The van der Waals surface area contributed by atoms with Crippen LogP contribution in [-0.2, 0) is 4.74 Å². The lowest BCUT2D eigenvalue weighted by Crippen LogP contribution is -2.39. The maximum atomic E-state index is 5.01. The summed E-state index contributed by atoms with van der Waals surface area (Å²) in [6.07, 6.45) is 15.7. The largest absolute Gasteiger partial charge is 0.379 e. The summed E-state index contributed by atoms with van der Waals surface area (Å²) in [6, 6.07) is 1.83. The van der Waals surface area contributed by atoms with Crippen LogP contribution in [0.2, 0.25) is 0 Å². The van der Waals surface area contributed by atoms with Crippen LogP contribution < -0.4 is 21.3 Å². The Morgan fingerprint density at radius 2 is 1.27 bits per heavy atom. The Morgan fingerprint density at radius 3 is 1.45 bits per heavy atom. The number of morpholine rings is 1. The summed E-state index contributed by atoms with van der Waals surface area (Å²) in [5.74, 6) is 0. The Labute approximate surface area is 196 Å². The first-order valence-electron chi connectivity index (χ1n) is 11.6. The summed E-state index contributed by atoms with van der Waals surface area (Å²) >= 11 is 0. The molecule has 186 valence electrons. The molecule has 12 heteroatoms. The molecule has 3 aliphatic heterocycles. The predicted molar refractivity (Wildman–Crippen MR) is 130 cm³/mol. The van der Waals surface area contributed by atoms with E-state index >= 15 is 0 Å². The quantitative estimate of drug-likeness (QED) is 0.247. The molecule has 3 aliphatic rings. The molecule has 0 unspecified atom stereocenters. The average molecular weight is 464 g/mol. The molecule has 6 rings (SSSR count). The highest BCUT2D eigenvalue weighted by Gasteiger charge is 1.94. The first-order chi connectivity index (χ1) is 16.5. The van der Waals surface area contributed by atoms with Gasteiger partial charge in [-0.15, -0.1) is 0 Å².